The fraction of sp³-hybridized carbons (Fsp3) is 0.647. The highest BCUT2D eigenvalue weighted by atomic mass is 16.4. The van der Waals surface area contributed by atoms with Crippen LogP contribution in [0.3, 0.4) is 0 Å². The van der Waals surface area contributed by atoms with E-state index in [2.05, 4.69) is 9.97 Å². The Labute approximate surface area is 164 Å². The van der Waals surface area contributed by atoms with Crippen molar-refractivity contribution < 1.29 is 29.7 Å². The lowest BCUT2D eigenvalue weighted by atomic mass is 10.0. The topological polar surface area (TPSA) is 219 Å². The first-order valence-corrected chi connectivity index (χ1v) is 8.77. The maximum Gasteiger partial charge on any atom is 0.320 e. The lowest BCUT2D eigenvalue weighted by molar-refractivity contribution is -0.140. The molecule has 10 N–H and O–H groups in total. The summed E-state index contributed by atoms with van der Waals surface area (Å²) in [7, 11) is 0. The molecule has 0 saturated carbocycles. The molecule has 1 rings (SSSR count). The minimum Gasteiger partial charge on any atom is -0.480 e. The van der Waals surface area contributed by atoms with Gasteiger partial charge in [0.15, 0.2) is 0 Å². The zero-order chi connectivity index (χ0) is 22.4. The van der Waals surface area contributed by atoms with E-state index in [1.54, 1.807) is 20.0 Å². The van der Waals surface area contributed by atoms with Gasteiger partial charge in [-0.15, -0.1) is 0 Å². The smallest absolute Gasteiger partial charge is 0.320 e. The fourth-order valence-electron chi connectivity index (χ4n) is 1.50. The standard InChI is InChI=1S/C6H9N3O2.C6H13NO2.C5H11NO2/c7-5(6(10)11)1-4-2-8-3-9-4;1-3-4(2)5(7)6(8)9;1-3(2)4(6)5(7)8/h2-3,5H,1,7H2,(H,8,9)(H,10,11);4-5H,3,7H2,1-2H3,(H,8,9);3-4H,6H2,1-2H3,(H,7,8)/t5-;4-,5-;4-/m000/s1. The summed E-state index contributed by atoms with van der Waals surface area (Å²) < 4.78 is 0. The van der Waals surface area contributed by atoms with E-state index in [-0.39, 0.29) is 18.3 Å². The fourth-order valence-corrected chi connectivity index (χ4v) is 1.50. The highest BCUT2D eigenvalue weighted by Crippen LogP contribution is 2.04. The lowest BCUT2D eigenvalue weighted by Gasteiger charge is -2.11. The Hall–Kier alpha value is -2.50. The van der Waals surface area contributed by atoms with Crippen LogP contribution in [-0.4, -0.2) is 61.3 Å². The van der Waals surface area contributed by atoms with Crippen LogP contribution in [0.2, 0.25) is 0 Å². The first-order chi connectivity index (χ1) is 12.8. The van der Waals surface area contributed by atoms with E-state index in [4.69, 9.17) is 32.5 Å². The molecule has 11 nitrogen and oxygen atoms in total. The first-order valence-electron chi connectivity index (χ1n) is 8.77. The summed E-state index contributed by atoms with van der Waals surface area (Å²) in [6.07, 6.45) is 4.15. The molecule has 1 aromatic rings. The van der Waals surface area contributed by atoms with Gasteiger partial charge in [-0.1, -0.05) is 34.1 Å². The summed E-state index contributed by atoms with van der Waals surface area (Å²) in [4.78, 5) is 37.0. The zero-order valence-electron chi connectivity index (χ0n) is 16.7. The van der Waals surface area contributed by atoms with Crippen molar-refractivity contribution in [2.45, 2.75) is 58.7 Å². The van der Waals surface area contributed by atoms with E-state index in [1.807, 2.05) is 13.8 Å². The van der Waals surface area contributed by atoms with Crippen molar-refractivity contribution in [2.75, 3.05) is 0 Å². The maximum absolute atomic E-state index is 10.3. The van der Waals surface area contributed by atoms with Crippen molar-refractivity contribution in [3.05, 3.63) is 18.2 Å². The molecule has 0 aliphatic heterocycles. The first kappa shape index (κ1) is 27.7. The Kier molecular flexibility index (Phi) is 14.4. The average Bonchev–Trinajstić information content (AvgIpc) is 3.13. The number of aromatic amines is 1. The van der Waals surface area contributed by atoms with Gasteiger partial charge in [-0.2, -0.15) is 0 Å². The molecule has 0 fully saturated rings. The van der Waals surface area contributed by atoms with Gasteiger partial charge in [0.2, 0.25) is 0 Å². The van der Waals surface area contributed by atoms with Gasteiger partial charge in [0, 0.05) is 18.3 Å². The molecule has 0 saturated heterocycles. The molecule has 0 aliphatic rings. The lowest BCUT2D eigenvalue weighted by Crippen LogP contribution is -2.36. The molecule has 0 spiro atoms. The summed E-state index contributed by atoms with van der Waals surface area (Å²) in [5.41, 5.74) is 16.4. The average molecular weight is 403 g/mol. The van der Waals surface area contributed by atoms with E-state index in [1.165, 1.54) is 6.33 Å². The van der Waals surface area contributed by atoms with Gasteiger partial charge < -0.3 is 37.5 Å². The number of imidazole rings is 1. The van der Waals surface area contributed by atoms with Gasteiger partial charge >= 0.3 is 17.9 Å². The SMILES string of the molecule is CC(C)[C@H](N)C(=O)O.CC[C@H](C)[C@H](N)C(=O)O.N[C@@H](Cc1cnc[nH]1)C(=O)O. The molecule has 28 heavy (non-hydrogen) atoms. The number of aliphatic carboxylic acids is 3. The third kappa shape index (κ3) is 12.8. The molecule has 1 heterocycles. The van der Waals surface area contributed by atoms with E-state index < -0.39 is 36.0 Å². The van der Waals surface area contributed by atoms with Crippen LogP contribution >= 0.6 is 0 Å². The van der Waals surface area contributed by atoms with Crippen LogP contribution < -0.4 is 17.2 Å². The predicted molar refractivity (Wildman–Crippen MR) is 103 cm³/mol. The Morgan fingerprint density at radius 2 is 1.50 bits per heavy atom. The minimum absolute atomic E-state index is 0.0208. The Balaban J connectivity index is 0. The highest BCUT2D eigenvalue weighted by molar-refractivity contribution is 5.74. The van der Waals surface area contributed by atoms with E-state index in [0.717, 1.165) is 12.1 Å². The van der Waals surface area contributed by atoms with Crippen molar-refractivity contribution >= 4 is 17.9 Å². The number of hydrogen-bond acceptors (Lipinski definition) is 7. The quantitative estimate of drug-likeness (QED) is 0.304. The highest BCUT2D eigenvalue weighted by Gasteiger charge is 2.17. The van der Waals surface area contributed by atoms with Crippen LogP contribution in [0, 0.1) is 11.8 Å². The second-order valence-electron chi connectivity index (χ2n) is 6.58. The molecule has 162 valence electrons. The van der Waals surface area contributed by atoms with E-state index in [0.29, 0.717) is 0 Å². The van der Waals surface area contributed by atoms with E-state index in [9.17, 15) is 14.4 Å². The zero-order valence-corrected chi connectivity index (χ0v) is 16.7. The summed E-state index contributed by atoms with van der Waals surface area (Å²) in [5, 5.41) is 25.0. The molecule has 1 aromatic heterocycles. The molecule has 0 bridgehead atoms. The normalized spacial score (nSPS) is 14.4. The second kappa shape index (κ2) is 14.5. The second-order valence-corrected chi connectivity index (χ2v) is 6.58. The van der Waals surface area contributed by atoms with Gasteiger partial charge in [-0.3, -0.25) is 14.4 Å². The van der Waals surface area contributed by atoms with Crippen LogP contribution in [0.5, 0.6) is 0 Å². The Morgan fingerprint density at radius 3 is 1.71 bits per heavy atom. The molecule has 0 radical (unpaired) electrons. The molecular weight excluding hydrogens is 370 g/mol. The molecule has 0 amide bonds. The van der Waals surface area contributed by atoms with Crippen molar-refractivity contribution in [1.82, 2.24) is 9.97 Å². The third-order valence-electron chi connectivity index (χ3n) is 3.86. The number of nitrogens with two attached hydrogens (primary N) is 3. The number of H-pyrrole nitrogens is 1. The molecular formula is C17H33N5O6. The monoisotopic (exact) mass is 403 g/mol. The molecule has 0 unspecified atom stereocenters. The van der Waals surface area contributed by atoms with E-state index >= 15 is 0 Å². The number of nitrogens with one attached hydrogen (secondary N) is 1. The number of carboxylic acids is 3. The van der Waals surface area contributed by atoms with Gasteiger partial charge in [-0.25, -0.2) is 4.98 Å². The summed E-state index contributed by atoms with van der Waals surface area (Å²) in [6.45, 7) is 7.31. The summed E-state index contributed by atoms with van der Waals surface area (Å²) in [6, 6.07) is -2.26. The number of nitrogens with zero attached hydrogens (tertiary/aromatic N) is 1. The van der Waals surface area contributed by atoms with Crippen LogP contribution in [0.15, 0.2) is 12.5 Å². The van der Waals surface area contributed by atoms with Gasteiger partial charge in [0.05, 0.1) is 6.33 Å². The number of carbonyl (C=O) groups is 3. The molecule has 0 aliphatic carbocycles. The summed E-state index contributed by atoms with van der Waals surface area (Å²) >= 11 is 0. The minimum atomic E-state index is -1.00. The van der Waals surface area contributed by atoms with Crippen molar-refractivity contribution in [2.24, 2.45) is 29.0 Å². The molecule has 4 atom stereocenters. The Bertz CT molecular complexity index is 579. The third-order valence-corrected chi connectivity index (χ3v) is 3.86. The number of rotatable bonds is 8. The number of hydrogen-bond donors (Lipinski definition) is 7. The largest absolute Gasteiger partial charge is 0.480 e. The van der Waals surface area contributed by atoms with Gasteiger partial charge in [0.1, 0.15) is 18.1 Å². The van der Waals surface area contributed by atoms with Crippen molar-refractivity contribution in [3.8, 4) is 0 Å². The van der Waals surface area contributed by atoms with Gasteiger partial charge in [-0.05, 0) is 11.8 Å². The van der Waals surface area contributed by atoms with Crippen molar-refractivity contribution in [3.63, 3.8) is 0 Å². The number of carboxylic acid groups (broad SMARTS) is 3. The maximum atomic E-state index is 10.3. The molecule has 11 heteroatoms. The molecule has 0 aromatic carbocycles. The Morgan fingerprint density at radius 1 is 1.00 bits per heavy atom. The van der Waals surface area contributed by atoms with Crippen molar-refractivity contribution in [1.29, 1.82) is 0 Å². The van der Waals surface area contributed by atoms with Crippen LogP contribution in [0.1, 0.15) is 39.8 Å². The van der Waals surface area contributed by atoms with Gasteiger partial charge in [0.25, 0.3) is 0 Å². The van der Waals surface area contributed by atoms with Crippen LogP contribution in [-0.2, 0) is 20.8 Å². The van der Waals surface area contributed by atoms with Crippen LogP contribution in [0.25, 0.3) is 0 Å². The van der Waals surface area contributed by atoms with Crippen LogP contribution in [0.4, 0.5) is 0 Å². The predicted octanol–water partition coefficient (Wildman–Crippen LogP) is -0.137. The summed E-state index contributed by atoms with van der Waals surface area (Å²) in [5.74, 6) is -2.75. The number of aromatic nitrogens is 2.